The Balaban J connectivity index is 1.29. The number of H-pyrrole nitrogens is 1. The van der Waals surface area contributed by atoms with Gasteiger partial charge in [-0.05, 0) is 67.9 Å². The van der Waals surface area contributed by atoms with Crippen LogP contribution in [0.3, 0.4) is 0 Å². The van der Waals surface area contributed by atoms with Crippen LogP contribution in [0.2, 0.25) is 0 Å². The number of aromatic nitrogens is 2. The van der Waals surface area contributed by atoms with E-state index in [1.54, 1.807) is 4.90 Å². The van der Waals surface area contributed by atoms with Gasteiger partial charge in [0.25, 0.3) is 0 Å². The first-order valence-corrected chi connectivity index (χ1v) is 9.82. The number of hydrogen-bond donors (Lipinski definition) is 2. The first kappa shape index (κ1) is 16.3. The Hall–Kier alpha value is -1.88. The number of nitrogens with one attached hydrogen (secondary N) is 1. The summed E-state index contributed by atoms with van der Waals surface area (Å²) < 4.78 is 0. The minimum Gasteiger partial charge on any atom is -0.390 e. The molecule has 2 unspecified atom stereocenters. The van der Waals surface area contributed by atoms with Gasteiger partial charge in [0.2, 0.25) is 5.91 Å². The number of amides is 1. The molecule has 5 nitrogen and oxygen atoms in total. The summed E-state index contributed by atoms with van der Waals surface area (Å²) in [6.07, 6.45) is 6.79. The number of nitrogens with zero attached hydrogens (tertiary/aromatic N) is 2. The molecule has 1 aromatic heterocycles. The zero-order chi connectivity index (χ0) is 17.9. The third kappa shape index (κ3) is 2.73. The van der Waals surface area contributed by atoms with E-state index in [1.165, 1.54) is 6.42 Å². The second-order valence-electron chi connectivity index (χ2n) is 9.31. The minimum atomic E-state index is -0.498. The van der Waals surface area contributed by atoms with Gasteiger partial charge >= 0.3 is 0 Å². The molecule has 1 aromatic carbocycles. The molecular weight excluding hydrogens is 326 g/mol. The number of imidazole rings is 1. The normalized spacial score (nSPS) is 35.2. The Morgan fingerprint density at radius 1 is 1.27 bits per heavy atom. The number of para-hydroxylation sites is 2. The molecule has 0 spiro atoms. The Kier molecular flexibility index (Phi) is 3.48. The van der Waals surface area contributed by atoms with Gasteiger partial charge in [-0.3, -0.25) is 4.79 Å². The molecule has 2 aromatic rings. The van der Waals surface area contributed by atoms with E-state index in [0.717, 1.165) is 49.0 Å². The van der Waals surface area contributed by atoms with E-state index < -0.39 is 5.60 Å². The van der Waals surface area contributed by atoms with Gasteiger partial charge in [0.15, 0.2) is 0 Å². The second kappa shape index (κ2) is 5.56. The molecule has 0 saturated heterocycles. The van der Waals surface area contributed by atoms with Crippen LogP contribution in [0.5, 0.6) is 0 Å². The van der Waals surface area contributed by atoms with Crippen LogP contribution in [0.15, 0.2) is 24.3 Å². The maximum atomic E-state index is 13.0. The molecule has 2 atom stereocenters. The van der Waals surface area contributed by atoms with Crippen LogP contribution >= 0.6 is 0 Å². The Morgan fingerprint density at radius 2 is 2.00 bits per heavy atom. The summed E-state index contributed by atoms with van der Waals surface area (Å²) in [5, 5.41) is 10.9. The Morgan fingerprint density at radius 3 is 2.69 bits per heavy atom. The lowest BCUT2D eigenvalue weighted by molar-refractivity contribution is -0.171. The van der Waals surface area contributed by atoms with E-state index in [0.29, 0.717) is 24.8 Å². The van der Waals surface area contributed by atoms with Crippen LogP contribution in [0, 0.1) is 17.3 Å². The standard InChI is InChI=1S/C21H27N3O2/c1-24(12-18-22-16-4-2-3-5-17(16)23-18)19(25)11-20-7-14-6-15(8-20)10-21(26,9-14)13-20/h2-5,14-15,26H,6-13H2,1H3,(H,22,23). The van der Waals surface area contributed by atoms with Gasteiger partial charge in [-0.1, -0.05) is 12.1 Å². The maximum Gasteiger partial charge on any atom is 0.223 e. The fourth-order valence-corrected chi connectivity index (χ4v) is 6.46. The summed E-state index contributed by atoms with van der Waals surface area (Å²) in [6, 6.07) is 7.94. The predicted molar refractivity (Wildman–Crippen MR) is 99.2 cm³/mol. The van der Waals surface area contributed by atoms with Crippen LogP contribution in [-0.4, -0.2) is 38.5 Å². The minimum absolute atomic E-state index is 0.0258. The first-order valence-electron chi connectivity index (χ1n) is 9.82. The van der Waals surface area contributed by atoms with Crippen LogP contribution in [-0.2, 0) is 11.3 Å². The molecular formula is C21H27N3O2. The van der Waals surface area contributed by atoms with E-state index >= 15 is 0 Å². The number of rotatable bonds is 4. The molecule has 1 amide bonds. The number of aromatic amines is 1. The van der Waals surface area contributed by atoms with Crippen LogP contribution in [0.25, 0.3) is 11.0 Å². The summed E-state index contributed by atoms with van der Waals surface area (Å²) >= 11 is 0. The molecule has 0 aliphatic heterocycles. The Bertz CT molecular complexity index is 811. The van der Waals surface area contributed by atoms with Crippen molar-refractivity contribution in [1.82, 2.24) is 14.9 Å². The molecule has 0 radical (unpaired) electrons. The lowest BCUT2D eigenvalue weighted by Crippen LogP contribution is -2.56. The molecule has 138 valence electrons. The zero-order valence-corrected chi connectivity index (χ0v) is 15.4. The molecule has 5 heteroatoms. The van der Waals surface area contributed by atoms with Gasteiger partial charge in [0.05, 0.1) is 23.2 Å². The van der Waals surface area contributed by atoms with E-state index in [9.17, 15) is 9.90 Å². The number of carbonyl (C=O) groups is 1. The summed E-state index contributed by atoms with van der Waals surface area (Å²) in [6.45, 7) is 0.501. The van der Waals surface area contributed by atoms with Gasteiger partial charge in [0, 0.05) is 13.5 Å². The lowest BCUT2D eigenvalue weighted by atomic mass is 9.47. The monoisotopic (exact) mass is 353 g/mol. The summed E-state index contributed by atoms with van der Waals surface area (Å²) in [7, 11) is 1.87. The third-order valence-electron chi connectivity index (χ3n) is 6.93. The highest BCUT2D eigenvalue weighted by Gasteiger charge is 2.57. The van der Waals surface area contributed by atoms with E-state index in [4.69, 9.17) is 0 Å². The maximum absolute atomic E-state index is 13.0. The largest absolute Gasteiger partial charge is 0.390 e. The molecule has 4 aliphatic rings. The van der Waals surface area contributed by atoms with Gasteiger partial charge in [-0.2, -0.15) is 0 Å². The average Bonchev–Trinajstić information content (AvgIpc) is 2.94. The van der Waals surface area contributed by atoms with Gasteiger partial charge in [-0.25, -0.2) is 4.98 Å². The van der Waals surface area contributed by atoms with E-state index in [1.807, 2.05) is 31.3 Å². The fourth-order valence-electron chi connectivity index (χ4n) is 6.46. The van der Waals surface area contributed by atoms with Gasteiger partial charge < -0.3 is 15.0 Å². The predicted octanol–water partition coefficient (Wildman–Crippen LogP) is 3.24. The first-order chi connectivity index (χ1) is 12.4. The highest BCUT2D eigenvalue weighted by molar-refractivity contribution is 5.77. The summed E-state index contributed by atoms with van der Waals surface area (Å²) in [4.78, 5) is 22.6. The summed E-state index contributed by atoms with van der Waals surface area (Å²) in [5.41, 5.74) is 1.47. The molecule has 1 heterocycles. The number of hydrogen-bond acceptors (Lipinski definition) is 3. The van der Waals surface area contributed by atoms with Crippen molar-refractivity contribution in [3.05, 3.63) is 30.1 Å². The fraction of sp³-hybridized carbons (Fsp3) is 0.619. The number of carbonyl (C=O) groups excluding carboxylic acids is 1. The average molecular weight is 353 g/mol. The van der Waals surface area contributed by atoms with Crippen molar-refractivity contribution >= 4 is 16.9 Å². The van der Waals surface area contributed by atoms with Crippen LogP contribution in [0.4, 0.5) is 0 Å². The third-order valence-corrected chi connectivity index (χ3v) is 6.93. The highest BCUT2D eigenvalue weighted by Crippen LogP contribution is 2.62. The van der Waals surface area contributed by atoms with Crippen molar-refractivity contribution < 1.29 is 9.90 Å². The van der Waals surface area contributed by atoms with Crippen LogP contribution < -0.4 is 0 Å². The van der Waals surface area contributed by atoms with E-state index in [2.05, 4.69) is 9.97 Å². The molecule has 4 aliphatic carbocycles. The van der Waals surface area contributed by atoms with Gasteiger partial charge in [-0.15, -0.1) is 0 Å². The molecule has 4 bridgehead atoms. The highest BCUT2D eigenvalue weighted by atomic mass is 16.3. The number of aliphatic hydroxyl groups is 1. The molecule has 26 heavy (non-hydrogen) atoms. The smallest absolute Gasteiger partial charge is 0.223 e. The molecule has 6 rings (SSSR count). The van der Waals surface area contributed by atoms with Crippen LogP contribution in [0.1, 0.15) is 50.8 Å². The van der Waals surface area contributed by atoms with Crippen molar-refractivity contribution in [3.8, 4) is 0 Å². The van der Waals surface area contributed by atoms with Crippen molar-refractivity contribution in [2.45, 2.75) is 57.1 Å². The molecule has 4 saturated carbocycles. The van der Waals surface area contributed by atoms with Crippen molar-refractivity contribution in [3.63, 3.8) is 0 Å². The van der Waals surface area contributed by atoms with Crippen molar-refractivity contribution in [2.24, 2.45) is 17.3 Å². The topological polar surface area (TPSA) is 69.2 Å². The SMILES string of the molecule is CN(Cc1nc2ccccc2[nH]1)C(=O)CC12CC3CC(CC(O)(C3)C1)C2. The van der Waals surface area contributed by atoms with E-state index in [-0.39, 0.29) is 11.3 Å². The zero-order valence-electron chi connectivity index (χ0n) is 15.4. The lowest BCUT2D eigenvalue weighted by Gasteiger charge is -2.60. The quantitative estimate of drug-likeness (QED) is 0.886. The Labute approximate surface area is 153 Å². The van der Waals surface area contributed by atoms with Crippen molar-refractivity contribution in [2.75, 3.05) is 7.05 Å². The molecule has 4 fully saturated rings. The molecule has 2 N–H and O–H groups in total. The second-order valence-corrected chi connectivity index (χ2v) is 9.31. The summed E-state index contributed by atoms with van der Waals surface area (Å²) in [5.74, 6) is 2.24. The number of benzene rings is 1. The van der Waals surface area contributed by atoms with Gasteiger partial charge in [0.1, 0.15) is 5.82 Å². The number of fused-ring (bicyclic) bond motifs is 1. The van der Waals surface area contributed by atoms with Crippen molar-refractivity contribution in [1.29, 1.82) is 0 Å².